The fraction of sp³-hybridized carbons (Fsp3) is 0.200. The molecule has 7 aromatic rings. The van der Waals surface area contributed by atoms with Crippen molar-refractivity contribution in [1.29, 1.82) is 0 Å². The number of hydrogen-bond acceptors (Lipinski definition) is 6. The van der Waals surface area contributed by atoms with E-state index in [9.17, 15) is 18.8 Å². The number of carbonyl (C=O) groups excluding carboxylic acids is 1. The second kappa shape index (κ2) is 11.5. The highest BCUT2D eigenvalue weighted by Crippen LogP contribution is 2.28. The first-order chi connectivity index (χ1) is 22.9. The van der Waals surface area contributed by atoms with Crippen LogP contribution in [-0.4, -0.2) is 45.2 Å². The van der Waals surface area contributed by atoms with E-state index in [1.165, 1.54) is 9.13 Å². The number of halogens is 1. The number of imidazole rings is 1. The molecule has 5 heterocycles. The summed E-state index contributed by atoms with van der Waals surface area (Å²) in [5.41, 5.74) is 2.44. The van der Waals surface area contributed by atoms with Crippen LogP contribution in [0.3, 0.4) is 0 Å². The lowest BCUT2D eigenvalue weighted by Gasteiger charge is -2.30. The number of nitrogens with one attached hydrogen (secondary N) is 1. The molecule has 0 unspecified atom stereocenters. The third kappa shape index (κ3) is 5.17. The van der Waals surface area contributed by atoms with Gasteiger partial charge in [0.1, 0.15) is 17.2 Å². The van der Waals surface area contributed by atoms with Gasteiger partial charge in [0.2, 0.25) is 0 Å². The van der Waals surface area contributed by atoms with Crippen molar-refractivity contribution in [2.24, 2.45) is 0 Å². The number of pyridine rings is 2. The predicted molar refractivity (Wildman–Crippen MR) is 174 cm³/mol. The van der Waals surface area contributed by atoms with Gasteiger partial charge in [-0.15, -0.1) is 0 Å². The molecular weight excluding hydrogens is 599 g/mol. The largest absolute Gasteiger partial charge is 0.348 e. The SMILES string of the molecule is O=C(NC1CCC(n2c(=O)c3cc(F)cnc3n(-c3ccc4c(cnn4Cc4ccccc4)c3)c2=O)CC1)c1cn2ccccc2n1. The number of amides is 1. The summed E-state index contributed by atoms with van der Waals surface area (Å²) in [5.74, 6) is -0.936. The molecule has 2 aromatic carbocycles. The van der Waals surface area contributed by atoms with Gasteiger partial charge in [-0.05, 0) is 67.6 Å². The third-order valence-corrected chi connectivity index (χ3v) is 8.94. The smallest absolute Gasteiger partial charge is 0.337 e. The molecule has 8 rings (SSSR count). The third-order valence-electron chi connectivity index (χ3n) is 8.94. The molecule has 0 radical (unpaired) electrons. The molecule has 47 heavy (non-hydrogen) atoms. The van der Waals surface area contributed by atoms with Crippen LogP contribution in [0.4, 0.5) is 4.39 Å². The summed E-state index contributed by atoms with van der Waals surface area (Å²) >= 11 is 0. The number of aromatic nitrogens is 7. The molecule has 1 aliphatic rings. The van der Waals surface area contributed by atoms with Gasteiger partial charge in [0.15, 0.2) is 5.65 Å². The topological polar surface area (TPSA) is 121 Å². The molecule has 1 saturated carbocycles. The van der Waals surface area contributed by atoms with Crippen LogP contribution < -0.4 is 16.6 Å². The molecule has 1 N–H and O–H groups in total. The zero-order valence-electron chi connectivity index (χ0n) is 25.2. The van der Waals surface area contributed by atoms with E-state index in [1.807, 2.05) is 71.5 Å². The zero-order chi connectivity index (χ0) is 32.1. The van der Waals surface area contributed by atoms with Gasteiger partial charge in [0, 0.05) is 29.9 Å². The lowest BCUT2D eigenvalue weighted by molar-refractivity contribution is 0.0917. The fourth-order valence-electron chi connectivity index (χ4n) is 6.61. The lowest BCUT2D eigenvalue weighted by Crippen LogP contribution is -2.45. The maximum Gasteiger partial charge on any atom is 0.337 e. The zero-order valence-corrected chi connectivity index (χ0v) is 25.2. The quantitative estimate of drug-likeness (QED) is 0.286. The highest BCUT2D eigenvalue weighted by Gasteiger charge is 2.28. The highest BCUT2D eigenvalue weighted by atomic mass is 19.1. The molecule has 0 saturated heterocycles. The molecule has 0 spiro atoms. The van der Waals surface area contributed by atoms with Crippen LogP contribution >= 0.6 is 0 Å². The van der Waals surface area contributed by atoms with E-state index in [1.54, 1.807) is 22.9 Å². The van der Waals surface area contributed by atoms with Crippen LogP contribution in [0, 0.1) is 5.82 Å². The molecule has 1 fully saturated rings. The second-order valence-corrected chi connectivity index (χ2v) is 11.9. The Morgan fingerprint density at radius 1 is 0.936 bits per heavy atom. The maximum absolute atomic E-state index is 14.4. The summed E-state index contributed by atoms with van der Waals surface area (Å²) < 4.78 is 20.7. The van der Waals surface area contributed by atoms with E-state index < -0.39 is 23.1 Å². The van der Waals surface area contributed by atoms with Gasteiger partial charge in [0.25, 0.3) is 11.5 Å². The Hall–Kier alpha value is -5.91. The minimum atomic E-state index is -0.664. The molecule has 0 bridgehead atoms. The summed E-state index contributed by atoms with van der Waals surface area (Å²) in [6, 6.07) is 21.6. The number of rotatable bonds is 6. The monoisotopic (exact) mass is 628 g/mol. The van der Waals surface area contributed by atoms with Crippen molar-refractivity contribution in [2.75, 3.05) is 0 Å². The van der Waals surface area contributed by atoms with Gasteiger partial charge in [-0.1, -0.05) is 36.4 Å². The second-order valence-electron chi connectivity index (χ2n) is 11.9. The first kappa shape index (κ1) is 28.6. The number of nitrogens with zero attached hydrogens (tertiary/aromatic N) is 7. The molecule has 5 aromatic heterocycles. The summed E-state index contributed by atoms with van der Waals surface area (Å²) in [6.45, 7) is 0.584. The van der Waals surface area contributed by atoms with Gasteiger partial charge >= 0.3 is 5.69 Å². The summed E-state index contributed by atoms with van der Waals surface area (Å²) in [6.07, 6.45) is 8.33. The van der Waals surface area contributed by atoms with Crippen molar-refractivity contribution in [2.45, 2.75) is 44.3 Å². The Balaban J connectivity index is 1.10. The first-order valence-electron chi connectivity index (χ1n) is 15.5. The molecular formula is C35H29FN8O3. The molecule has 0 aliphatic heterocycles. The summed E-state index contributed by atoms with van der Waals surface area (Å²) in [4.78, 5) is 49.5. The van der Waals surface area contributed by atoms with Gasteiger partial charge in [-0.25, -0.2) is 23.7 Å². The highest BCUT2D eigenvalue weighted by molar-refractivity contribution is 5.93. The number of hydrogen-bond donors (Lipinski definition) is 1. The Bertz CT molecular complexity index is 2390. The van der Waals surface area contributed by atoms with Crippen molar-refractivity contribution in [3.8, 4) is 5.69 Å². The van der Waals surface area contributed by atoms with Crippen LogP contribution in [0.15, 0.2) is 107 Å². The summed E-state index contributed by atoms with van der Waals surface area (Å²) in [7, 11) is 0. The Morgan fingerprint density at radius 3 is 2.55 bits per heavy atom. The van der Waals surface area contributed by atoms with Crippen LogP contribution in [0.1, 0.15) is 47.8 Å². The Kier molecular flexibility index (Phi) is 6.97. The van der Waals surface area contributed by atoms with Crippen LogP contribution in [-0.2, 0) is 6.54 Å². The van der Waals surface area contributed by atoms with E-state index >= 15 is 0 Å². The van der Waals surface area contributed by atoms with Crippen LogP contribution in [0.2, 0.25) is 0 Å². The van der Waals surface area contributed by atoms with E-state index in [2.05, 4.69) is 20.4 Å². The fourth-order valence-corrected chi connectivity index (χ4v) is 6.61. The van der Waals surface area contributed by atoms with Gasteiger partial charge in [-0.2, -0.15) is 5.10 Å². The Labute approximate surface area is 266 Å². The van der Waals surface area contributed by atoms with E-state index in [-0.39, 0.29) is 23.0 Å². The van der Waals surface area contributed by atoms with Crippen molar-refractivity contribution < 1.29 is 9.18 Å². The molecule has 234 valence electrons. The molecule has 1 amide bonds. The van der Waals surface area contributed by atoms with Gasteiger partial charge < -0.3 is 9.72 Å². The maximum atomic E-state index is 14.4. The average Bonchev–Trinajstić information content (AvgIpc) is 3.71. The van der Waals surface area contributed by atoms with Crippen molar-refractivity contribution >= 4 is 33.5 Å². The van der Waals surface area contributed by atoms with Crippen molar-refractivity contribution in [3.63, 3.8) is 0 Å². The van der Waals surface area contributed by atoms with Crippen molar-refractivity contribution in [3.05, 3.63) is 135 Å². The number of carbonyl (C=O) groups is 1. The summed E-state index contributed by atoms with van der Waals surface area (Å²) in [5, 5.41) is 8.44. The average molecular weight is 629 g/mol. The minimum Gasteiger partial charge on any atom is -0.348 e. The molecule has 12 heteroatoms. The van der Waals surface area contributed by atoms with E-state index in [0.29, 0.717) is 49.3 Å². The first-order valence-corrected chi connectivity index (χ1v) is 15.5. The number of fused-ring (bicyclic) bond motifs is 3. The standard InChI is InChI=1S/C35H29FN8O3/c36-24-17-28-32(37-19-24)43(27-13-14-30-23(16-27)18-38-42(30)20-22-6-2-1-3-7-22)35(47)44(34(28)46)26-11-9-25(10-12-26)39-33(45)29-21-41-15-5-4-8-31(41)40-29/h1-8,13-19,21,25-26H,9-12,20H2,(H,39,45). The predicted octanol–water partition coefficient (Wildman–Crippen LogP) is 4.65. The van der Waals surface area contributed by atoms with Crippen molar-refractivity contribution in [1.82, 2.24) is 38.6 Å². The lowest BCUT2D eigenvalue weighted by atomic mass is 9.90. The van der Waals surface area contributed by atoms with E-state index in [0.717, 1.165) is 28.7 Å². The van der Waals surface area contributed by atoms with Gasteiger partial charge in [-0.3, -0.25) is 18.8 Å². The Morgan fingerprint density at radius 2 is 1.74 bits per heavy atom. The normalized spacial score (nSPS) is 16.6. The van der Waals surface area contributed by atoms with Crippen LogP contribution in [0.5, 0.6) is 0 Å². The minimum absolute atomic E-state index is 0.0201. The molecule has 0 atom stereocenters. The molecule has 11 nitrogen and oxygen atoms in total. The number of benzene rings is 2. The van der Waals surface area contributed by atoms with E-state index in [4.69, 9.17) is 0 Å². The molecule has 1 aliphatic carbocycles. The van der Waals surface area contributed by atoms with Gasteiger partial charge in [0.05, 0.1) is 35.5 Å². The van der Waals surface area contributed by atoms with Crippen LogP contribution in [0.25, 0.3) is 33.3 Å².